The summed E-state index contributed by atoms with van der Waals surface area (Å²) in [7, 11) is 0. The largest absolute Gasteiger partial charge is 0.354 e. The smallest absolute Gasteiger partial charge is 0.238 e. The normalized spacial score (nSPS) is 20.4. The predicted molar refractivity (Wildman–Crippen MR) is 84.8 cm³/mol. The molecule has 2 unspecified atom stereocenters. The van der Waals surface area contributed by atoms with Gasteiger partial charge in [-0.15, -0.1) is 0 Å². The monoisotopic (exact) mass is 314 g/mol. The predicted octanol–water partition coefficient (Wildman–Crippen LogP) is 1.49. The van der Waals surface area contributed by atoms with Crippen molar-refractivity contribution in [3.8, 4) is 0 Å². The van der Waals surface area contributed by atoms with Crippen molar-refractivity contribution in [2.45, 2.75) is 24.9 Å². The SMILES string of the molecule is O=C(NCCc1cccnc1)C1CC(c2ccccc2F)NN1. The number of pyridine rings is 1. The summed E-state index contributed by atoms with van der Waals surface area (Å²) in [6.07, 6.45) is 4.75. The summed E-state index contributed by atoms with van der Waals surface area (Å²) in [6, 6.07) is 9.89. The first-order valence-electron chi connectivity index (χ1n) is 7.66. The third-order valence-corrected chi connectivity index (χ3v) is 3.94. The Kier molecular flexibility index (Phi) is 4.95. The summed E-state index contributed by atoms with van der Waals surface area (Å²) in [6.45, 7) is 0.549. The molecule has 23 heavy (non-hydrogen) atoms. The van der Waals surface area contributed by atoms with Crippen molar-refractivity contribution < 1.29 is 9.18 Å². The van der Waals surface area contributed by atoms with E-state index in [0.29, 0.717) is 18.5 Å². The molecule has 1 amide bonds. The summed E-state index contributed by atoms with van der Waals surface area (Å²) < 4.78 is 13.8. The molecular weight excluding hydrogens is 295 g/mol. The maximum Gasteiger partial charge on any atom is 0.238 e. The fraction of sp³-hybridized carbons (Fsp3) is 0.294. The molecule has 1 aromatic heterocycles. The van der Waals surface area contributed by atoms with Gasteiger partial charge < -0.3 is 5.32 Å². The van der Waals surface area contributed by atoms with E-state index in [0.717, 1.165) is 12.0 Å². The highest BCUT2D eigenvalue weighted by Crippen LogP contribution is 2.24. The average molecular weight is 314 g/mol. The third kappa shape index (κ3) is 3.91. The van der Waals surface area contributed by atoms with Crippen molar-refractivity contribution in [3.63, 3.8) is 0 Å². The van der Waals surface area contributed by atoms with Gasteiger partial charge in [0.15, 0.2) is 0 Å². The minimum atomic E-state index is -0.367. The summed E-state index contributed by atoms with van der Waals surface area (Å²) in [5, 5.41) is 2.90. The highest BCUT2D eigenvalue weighted by Gasteiger charge is 2.31. The zero-order valence-electron chi connectivity index (χ0n) is 12.6. The van der Waals surface area contributed by atoms with Gasteiger partial charge in [-0.25, -0.2) is 15.2 Å². The van der Waals surface area contributed by atoms with Crippen LogP contribution in [0.25, 0.3) is 0 Å². The number of nitrogens with one attached hydrogen (secondary N) is 3. The third-order valence-electron chi connectivity index (χ3n) is 3.94. The van der Waals surface area contributed by atoms with Gasteiger partial charge in [0.05, 0.1) is 6.04 Å². The summed E-state index contributed by atoms with van der Waals surface area (Å²) in [4.78, 5) is 16.2. The number of carbonyl (C=O) groups is 1. The highest BCUT2D eigenvalue weighted by molar-refractivity contribution is 5.82. The van der Waals surface area contributed by atoms with Gasteiger partial charge in [0, 0.05) is 24.5 Å². The van der Waals surface area contributed by atoms with Gasteiger partial charge in [-0.05, 0) is 30.5 Å². The molecule has 1 fully saturated rings. The Morgan fingerprint density at radius 2 is 2.13 bits per heavy atom. The molecule has 3 N–H and O–H groups in total. The van der Waals surface area contributed by atoms with E-state index in [1.807, 2.05) is 12.1 Å². The molecule has 0 aliphatic carbocycles. The summed E-state index contributed by atoms with van der Waals surface area (Å²) >= 11 is 0. The first-order valence-corrected chi connectivity index (χ1v) is 7.66. The lowest BCUT2D eigenvalue weighted by atomic mass is 10.0. The van der Waals surface area contributed by atoms with Gasteiger partial charge in [-0.1, -0.05) is 24.3 Å². The second-order valence-electron chi connectivity index (χ2n) is 5.55. The Labute approximate surface area is 134 Å². The van der Waals surface area contributed by atoms with Crippen LogP contribution < -0.4 is 16.2 Å². The van der Waals surface area contributed by atoms with Crippen molar-refractivity contribution in [1.29, 1.82) is 0 Å². The Morgan fingerprint density at radius 3 is 2.91 bits per heavy atom. The molecule has 0 spiro atoms. The van der Waals surface area contributed by atoms with Gasteiger partial charge in [0.1, 0.15) is 11.9 Å². The van der Waals surface area contributed by atoms with Crippen LogP contribution in [0.4, 0.5) is 4.39 Å². The van der Waals surface area contributed by atoms with E-state index >= 15 is 0 Å². The van der Waals surface area contributed by atoms with Crippen molar-refractivity contribution >= 4 is 5.91 Å². The second-order valence-corrected chi connectivity index (χ2v) is 5.55. The van der Waals surface area contributed by atoms with Gasteiger partial charge >= 0.3 is 0 Å². The lowest BCUT2D eigenvalue weighted by molar-refractivity contribution is -0.122. The summed E-state index contributed by atoms with van der Waals surface area (Å²) in [5.74, 6) is -0.343. The quantitative estimate of drug-likeness (QED) is 0.782. The lowest BCUT2D eigenvalue weighted by Crippen LogP contribution is -2.43. The first-order chi connectivity index (χ1) is 11.2. The average Bonchev–Trinajstić information content (AvgIpc) is 3.06. The van der Waals surface area contributed by atoms with Gasteiger partial charge in [-0.3, -0.25) is 9.78 Å². The van der Waals surface area contributed by atoms with Crippen molar-refractivity contribution in [2.75, 3.05) is 6.54 Å². The topological polar surface area (TPSA) is 66.0 Å². The number of halogens is 1. The molecule has 6 heteroatoms. The van der Waals surface area contributed by atoms with Crippen LogP contribution in [-0.2, 0) is 11.2 Å². The number of carbonyl (C=O) groups excluding carboxylic acids is 1. The maximum absolute atomic E-state index is 13.8. The zero-order valence-corrected chi connectivity index (χ0v) is 12.6. The molecule has 2 atom stereocenters. The van der Waals surface area contributed by atoms with Crippen molar-refractivity contribution in [3.05, 3.63) is 65.7 Å². The van der Waals surface area contributed by atoms with Crippen LogP contribution in [0.15, 0.2) is 48.8 Å². The summed E-state index contributed by atoms with van der Waals surface area (Å²) in [5.41, 5.74) is 7.58. The van der Waals surface area contributed by atoms with E-state index < -0.39 is 0 Å². The molecule has 2 heterocycles. The highest BCUT2D eigenvalue weighted by atomic mass is 19.1. The molecular formula is C17H19FN4O. The molecule has 5 nitrogen and oxygen atoms in total. The van der Waals surface area contributed by atoms with Crippen LogP contribution in [0.2, 0.25) is 0 Å². The molecule has 0 saturated carbocycles. The number of rotatable bonds is 5. The van der Waals surface area contributed by atoms with Crippen molar-refractivity contribution in [2.24, 2.45) is 0 Å². The lowest BCUT2D eigenvalue weighted by Gasteiger charge is -2.11. The number of hydrazine groups is 1. The van der Waals surface area contributed by atoms with Crippen molar-refractivity contribution in [1.82, 2.24) is 21.2 Å². The number of aromatic nitrogens is 1. The van der Waals surface area contributed by atoms with Crippen LogP contribution in [-0.4, -0.2) is 23.5 Å². The standard InChI is InChI=1S/C17H19FN4O/c18-14-6-2-1-5-13(14)15-10-16(22-21-15)17(23)20-9-7-12-4-3-8-19-11-12/h1-6,8,11,15-16,21-22H,7,9-10H2,(H,20,23). The number of hydrogen-bond donors (Lipinski definition) is 3. The van der Waals surface area contributed by atoms with Crippen LogP contribution in [0, 0.1) is 5.82 Å². The Morgan fingerprint density at radius 1 is 1.26 bits per heavy atom. The van der Waals surface area contributed by atoms with Crippen LogP contribution >= 0.6 is 0 Å². The zero-order chi connectivity index (χ0) is 16.1. The fourth-order valence-corrected chi connectivity index (χ4v) is 2.69. The van der Waals surface area contributed by atoms with E-state index in [1.165, 1.54) is 6.07 Å². The number of hydrogen-bond acceptors (Lipinski definition) is 4. The fourth-order valence-electron chi connectivity index (χ4n) is 2.69. The number of benzene rings is 1. The maximum atomic E-state index is 13.8. The molecule has 3 rings (SSSR count). The van der Waals surface area contributed by atoms with Crippen LogP contribution in [0.5, 0.6) is 0 Å². The molecule has 0 bridgehead atoms. The molecule has 0 radical (unpaired) electrons. The molecule has 2 aromatic rings. The van der Waals surface area contributed by atoms with Crippen LogP contribution in [0.3, 0.4) is 0 Å². The van der Waals surface area contributed by atoms with Gasteiger partial charge in [-0.2, -0.15) is 0 Å². The van der Waals surface area contributed by atoms with Gasteiger partial charge in [0.25, 0.3) is 0 Å². The Hall–Kier alpha value is -2.31. The Bertz CT molecular complexity index is 665. The molecule has 1 aromatic carbocycles. The molecule has 120 valence electrons. The van der Waals surface area contributed by atoms with Crippen LogP contribution in [0.1, 0.15) is 23.6 Å². The van der Waals surface area contributed by atoms with E-state index in [9.17, 15) is 9.18 Å². The minimum Gasteiger partial charge on any atom is -0.354 e. The molecule has 1 saturated heterocycles. The van der Waals surface area contributed by atoms with E-state index in [1.54, 1.807) is 30.6 Å². The molecule has 1 aliphatic heterocycles. The van der Waals surface area contributed by atoms with E-state index in [4.69, 9.17) is 0 Å². The van der Waals surface area contributed by atoms with E-state index in [2.05, 4.69) is 21.2 Å². The minimum absolute atomic E-state index is 0.0831. The first kappa shape index (κ1) is 15.6. The molecule has 1 aliphatic rings. The Balaban J connectivity index is 1.49. The number of nitrogens with zero attached hydrogens (tertiary/aromatic N) is 1. The second kappa shape index (κ2) is 7.30. The number of amides is 1. The van der Waals surface area contributed by atoms with Gasteiger partial charge in [0.2, 0.25) is 5.91 Å². The van der Waals surface area contributed by atoms with E-state index in [-0.39, 0.29) is 23.8 Å².